The minimum atomic E-state index is -0.432. The van der Waals surface area contributed by atoms with E-state index in [0.717, 1.165) is 183 Å². The summed E-state index contributed by atoms with van der Waals surface area (Å²) in [6.07, 6.45) is 12.8. The molecule has 0 atom stereocenters. The Morgan fingerprint density at radius 1 is 0.314 bits per heavy atom. The number of ether oxygens (including phenoxy) is 6. The number of rotatable bonds is 37. The van der Waals surface area contributed by atoms with Crippen LogP contribution < -0.4 is 18.9 Å². The number of hydrogen-bond acceptors (Lipinski definition) is 20. The summed E-state index contributed by atoms with van der Waals surface area (Å²) < 4.78 is 32.9. The van der Waals surface area contributed by atoms with Crippen LogP contribution in [0.15, 0.2) is 319 Å². The third-order valence-corrected chi connectivity index (χ3v) is 19.4. The minimum absolute atomic E-state index is 0.391. The highest BCUT2D eigenvalue weighted by Crippen LogP contribution is 2.38. The van der Waals surface area contributed by atoms with E-state index in [2.05, 4.69) is 90.5 Å². The molecule has 0 aromatic heterocycles. The topological polar surface area (TPSA) is 247 Å². The van der Waals surface area contributed by atoms with E-state index in [1.54, 1.807) is 55.6 Å². The summed E-state index contributed by atoms with van der Waals surface area (Å²) in [7, 11) is 1.64. The SMILES string of the molecule is C=CC(=O)OCCCCCCOc1ccc(C(=O)Oc2ccc(CCc3ccc(N=Nc4cc(C)c(N=Nc5ccc(C)cc5)cc4C)c4ccccc34)cc2)cc1.C=CC(=O)OCCCCCCOc1ccc(C(=O)Oc2ccc(CCc3ccc(N=Nc4cc(C)c(N=Nc5ccc(N=NC)cc5)cc4C)c4ccccc34)cc2)cc1. The molecule has 0 aliphatic heterocycles. The van der Waals surface area contributed by atoms with E-state index < -0.39 is 23.9 Å². The number of nitrogens with zero attached hydrogens (tertiary/aromatic N) is 10. The van der Waals surface area contributed by atoms with E-state index in [0.29, 0.717) is 60.6 Å². The highest BCUT2D eigenvalue weighted by atomic mass is 16.5. The van der Waals surface area contributed by atoms with Crippen molar-refractivity contribution in [3.63, 3.8) is 0 Å². The molecular formula is C98H96N10O10. The molecule has 118 heavy (non-hydrogen) atoms. The van der Waals surface area contributed by atoms with Gasteiger partial charge in [-0.15, -0.1) is 10.2 Å². The first-order chi connectivity index (χ1) is 57.5. The molecule has 0 N–H and O–H groups in total. The molecule has 598 valence electrons. The second-order valence-corrected chi connectivity index (χ2v) is 28.3. The fourth-order valence-electron chi connectivity index (χ4n) is 12.7. The highest BCUT2D eigenvalue weighted by molar-refractivity contribution is 5.96. The predicted octanol–water partition coefficient (Wildman–Crippen LogP) is 26.9. The number of carbonyl (C=O) groups excluding carboxylic acids is 4. The number of aryl methyl sites for hydroxylation is 9. The quantitative estimate of drug-likeness (QED) is 0.0117. The van der Waals surface area contributed by atoms with Crippen LogP contribution in [0.5, 0.6) is 23.0 Å². The lowest BCUT2D eigenvalue weighted by Gasteiger charge is -2.10. The van der Waals surface area contributed by atoms with Crippen LogP contribution in [0.1, 0.15) is 122 Å². The van der Waals surface area contributed by atoms with Gasteiger partial charge in [0.25, 0.3) is 0 Å². The van der Waals surface area contributed by atoms with Crippen molar-refractivity contribution in [3.05, 3.63) is 329 Å². The number of azo groups is 5. The van der Waals surface area contributed by atoms with Gasteiger partial charge >= 0.3 is 23.9 Å². The van der Waals surface area contributed by atoms with Gasteiger partial charge in [0.15, 0.2) is 0 Å². The normalized spacial score (nSPS) is 11.4. The Bertz CT molecular complexity index is 5590. The Balaban J connectivity index is 0.000000232. The number of hydrogen-bond donors (Lipinski definition) is 0. The standard InChI is InChI=1S/C49H48N6O5.C49H48N4O5/c1-5-48(56)59-31-11-7-6-10-30-58-41-27-18-38(19-28-41)49(57)60-42-25-15-36(16-26-42)14-17-37-20-29-45(44-13-9-8-12-43(37)44)53-55-47-33-34(2)46(32-35(47)3)54-52-40-23-21-39(22-24-40)51-50-4;1-5-48(54)57-31-11-7-6-10-30-56-41-27-20-39(21-28-41)49(55)58-42-25-17-37(18-26-42)16-19-38-22-29-45(44-13-9-8-12-43(38)44)51-53-47-33-35(3)46(32-36(47)4)52-50-40-23-14-34(2)15-24-40/h5,8-9,12-13,15-16,18-29,32-33H,1,6-7,10-11,14,17,30-31H2,2-4H3;5,8-9,12-15,17-18,20-29,32-33H,1,6-7,10-11,16,19,30-31H2,2-4H3. The lowest BCUT2D eigenvalue weighted by Crippen LogP contribution is -2.08. The Hall–Kier alpha value is -13.9. The zero-order chi connectivity index (χ0) is 82.8. The van der Waals surface area contributed by atoms with Crippen molar-refractivity contribution in [2.75, 3.05) is 33.5 Å². The zero-order valence-corrected chi connectivity index (χ0v) is 67.5. The summed E-state index contributed by atoms with van der Waals surface area (Å²) in [6.45, 7) is 18.7. The maximum atomic E-state index is 12.9. The van der Waals surface area contributed by atoms with Crippen LogP contribution in [0.4, 0.5) is 51.2 Å². The smallest absolute Gasteiger partial charge is 0.343 e. The first-order valence-corrected chi connectivity index (χ1v) is 39.6. The van der Waals surface area contributed by atoms with Crippen molar-refractivity contribution in [1.82, 2.24) is 0 Å². The van der Waals surface area contributed by atoms with Crippen LogP contribution in [0.3, 0.4) is 0 Å². The Labute approximate surface area is 688 Å². The molecule has 12 aromatic rings. The summed E-state index contributed by atoms with van der Waals surface area (Å²) in [5.74, 6) is 0.707. The number of esters is 4. The van der Waals surface area contributed by atoms with Gasteiger partial charge in [-0.2, -0.15) is 40.9 Å². The summed E-state index contributed by atoms with van der Waals surface area (Å²) in [6, 6.07) is 77.4. The number of fused-ring (bicyclic) bond motifs is 2. The van der Waals surface area contributed by atoms with Gasteiger partial charge in [0.05, 0.1) is 88.7 Å². The molecule has 0 aliphatic rings. The molecule has 0 bridgehead atoms. The molecule has 0 heterocycles. The molecule has 0 unspecified atom stereocenters. The first-order valence-electron chi connectivity index (χ1n) is 39.6. The van der Waals surface area contributed by atoms with Gasteiger partial charge in [0.2, 0.25) is 0 Å². The number of benzene rings is 12. The van der Waals surface area contributed by atoms with Gasteiger partial charge < -0.3 is 28.4 Å². The summed E-state index contributed by atoms with van der Waals surface area (Å²) in [5.41, 5.74) is 17.6. The molecule has 12 rings (SSSR count). The van der Waals surface area contributed by atoms with E-state index in [9.17, 15) is 19.2 Å². The molecule has 0 fully saturated rings. The highest BCUT2D eigenvalue weighted by Gasteiger charge is 2.16. The van der Waals surface area contributed by atoms with Crippen molar-refractivity contribution in [2.45, 2.75) is 112 Å². The second-order valence-electron chi connectivity index (χ2n) is 28.3. The van der Waals surface area contributed by atoms with Crippen molar-refractivity contribution < 1.29 is 47.6 Å². The molecule has 0 saturated carbocycles. The average Bonchev–Trinajstić information content (AvgIpc) is 0.800. The van der Waals surface area contributed by atoms with Crippen LogP contribution in [-0.4, -0.2) is 57.4 Å². The van der Waals surface area contributed by atoms with Crippen molar-refractivity contribution in [3.8, 4) is 23.0 Å². The Morgan fingerprint density at radius 3 is 1.00 bits per heavy atom. The van der Waals surface area contributed by atoms with Gasteiger partial charge in [0.1, 0.15) is 23.0 Å². The molecule has 0 spiro atoms. The number of unbranched alkanes of at least 4 members (excludes halogenated alkanes) is 6. The maximum Gasteiger partial charge on any atom is 0.343 e. The Morgan fingerprint density at radius 2 is 0.636 bits per heavy atom. The van der Waals surface area contributed by atoms with Crippen molar-refractivity contribution >= 4 is 96.6 Å². The van der Waals surface area contributed by atoms with Crippen LogP contribution in [0.2, 0.25) is 0 Å². The summed E-state index contributed by atoms with van der Waals surface area (Å²) >= 11 is 0. The van der Waals surface area contributed by atoms with Crippen LogP contribution in [-0.2, 0) is 44.7 Å². The van der Waals surface area contributed by atoms with Gasteiger partial charge in [-0.1, -0.05) is 116 Å². The molecule has 20 heteroatoms. The van der Waals surface area contributed by atoms with Crippen LogP contribution in [0, 0.1) is 34.6 Å². The van der Waals surface area contributed by atoms with Crippen LogP contribution >= 0.6 is 0 Å². The Kier molecular flexibility index (Phi) is 31.8. The van der Waals surface area contributed by atoms with E-state index >= 15 is 0 Å². The molecule has 0 aliphatic carbocycles. The van der Waals surface area contributed by atoms with E-state index in [1.807, 2.05) is 192 Å². The third kappa shape index (κ3) is 25.8. The zero-order valence-electron chi connectivity index (χ0n) is 67.5. The second kappa shape index (κ2) is 44.1. The molecule has 20 nitrogen and oxygen atoms in total. The largest absolute Gasteiger partial charge is 0.494 e. The predicted molar refractivity (Wildman–Crippen MR) is 465 cm³/mol. The van der Waals surface area contributed by atoms with Crippen molar-refractivity contribution in [1.29, 1.82) is 0 Å². The third-order valence-electron chi connectivity index (χ3n) is 19.4. The fraction of sp³-hybridized carbons (Fsp3) is 0.224. The van der Waals surface area contributed by atoms with E-state index in [1.165, 1.54) is 28.8 Å². The van der Waals surface area contributed by atoms with Crippen molar-refractivity contribution in [2.24, 2.45) is 51.1 Å². The molecule has 12 aromatic carbocycles. The molecule has 0 radical (unpaired) electrons. The molecular weight excluding hydrogens is 1480 g/mol. The van der Waals surface area contributed by atoms with Gasteiger partial charge in [-0.05, 0) is 313 Å². The first kappa shape index (κ1) is 85.0. The minimum Gasteiger partial charge on any atom is -0.494 e. The lowest BCUT2D eigenvalue weighted by atomic mass is 9.97. The fourth-order valence-corrected chi connectivity index (χ4v) is 12.7. The van der Waals surface area contributed by atoms with E-state index in [-0.39, 0.29) is 0 Å². The van der Waals surface area contributed by atoms with E-state index in [4.69, 9.17) is 38.6 Å². The molecule has 0 amide bonds. The summed E-state index contributed by atoms with van der Waals surface area (Å²) in [5, 5.41) is 48.6. The van der Waals surface area contributed by atoms with Gasteiger partial charge in [0, 0.05) is 30.0 Å². The van der Waals surface area contributed by atoms with Gasteiger partial charge in [-0.25, -0.2) is 19.2 Å². The van der Waals surface area contributed by atoms with Crippen LogP contribution in [0.25, 0.3) is 21.5 Å². The van der Waals surface area contributed by atoms with Gasteiger partial charge in [-0.3, -0.25) is 0 Å². The monoisotopic (exact) mass is 1570 g/mol. The summed E-state index contributed by atoms with van der Waals surface area (Å²) in [4.78, 5) is 47.8. The molecule has 0 saturated heterocycles. The lowest BCUT2D eigenvalue weighted by molar-refractivity contribution is -0.138. The average molecular weight is 1570 g/mol. The maximum absolute atomic E-state index is 12.9. The number of carbonyl (C=O) groups is 4.